The lowest BCUT2D eigenvalue weighted by Gasteiger charge is -2.32. The van der Waals surface area contributed by atoms with Crippen LogP contribution in [0.4, 0.5) is 101 Å². The Kier molecular flexibility index (Phi) is 33.7. The maximum Gasteiger partial charge on any atom is 0.496 e. The lowest BCUT2D eigenvalue weighted by Crippen LogP contribution is -2.41. The number of nitrogens with zero attached hydrogens (tertiary/aromatic N) is 11. The van der Waals surface area contributed by atoms with Crippen molar-refractivity contribution >= 4 is 81.4 Å². The second-order valence-corrected chi connectivity index (χ2v) is 24.5. The van der Waals surface area contributed by atoms with Crippen LogP contribution in [0.1, 0.15) is 120 Å². The second kappa shape index (κ2) is 41.1. The van der Waals surface area contributed by atoms with Crippen LogP contribution in [0.2, 0.25) is 0 Å². The molecule has 20 nitrogen and oxygen atoms in total. The summed E-state index contributed by atoms with van der Waals surface area (Å²) in [5, 5.41) is 16.1. The molecule has 0 radical (unpaired) electrons. The van der Waals surface area contributed by atoms with Crippen molar-refractivity contribution in [2.24, 2.45) is 5.10 Å². The van der Waals surface area contributed by atoms with Crippen molar-refractivity contribution in [3.05, 3.63) is 243 Å². The summed E-state index contributed by atoms with van der Waals surface area (Å²) < 4.78 is 247. The maximum atomic E-state index is 12.8. The average Bonchev–Trinajstić information content (AvgIpc) is 1.62. The number of hydrogen-bond acceptors (Lipinski definition) is 18. The van der Waals surface area contributed by atoms with Crippen molar-refractivity contribution < 1.29 is 114 Å². The van der Waals surface area contributed by atoms with Gasteiger partial charge in [-0.15, -0.1) is 11.6 Å². The number of carbonyl (C=O) groups excluding carboxylic acids is 3. The van der Waals surface area contributed by atoms with Crippen LogP contribution in [0.15, 0.2) is 175 Å². The van der Waals surface area contributed by atoms with Crippen LogP contribution >= 0.6 is 27.5 Å². The molecule has 2 aliphatic rings. The van der Waals surface area contributed by atoms with E-state index in [1.807, 2.05) is 33.8 Å². The standard InChI is InChI=1S/C18H16F3N5O2.C12H10F3N3.C11H17BN2O2.C7H5ClF3N.C7H6F3NO.C7H4F3NO.C6H3BrF3N.CH3F/c1-26-16(27)5-3-14(25-26)17(28)24-15-4-2-11(10-23-15)8-13-9-12(6-7-22-13)18(19,20)21;13-12(14,15)9-3-4-17-10(6-9)5-8-1-2-11(16)18-7-8;1-10(2)11(3,4)16-12(15-10)8-5-6-9(13)14-7-8;8-4-6-3-5(1-2-12-6)7(9,10)11;2*8-7(9,10)5-1-2-11-6(3-5)4-12;7-5-3-4(1-2-11-5)6(8,9)10;1-2/h2,4,6-7,9-10H,3,5,8H2,1H3,(H,23,24,28);1-4,6-7H,5H2,(H2,16,18);5-7H,1-4H3,(H2,13,14);1-3H,4H2;1-3,12H,4H2;1-4H;1-3H;1H3/i;;;;;;;1D. The number of aldehydes is 1. The van der Waals surface area contributed by atoms with E-state index < -0.39 is 90.1 Å². The molecule has 42 heteroatoms. The number of hydrazone groups is 1. The van der Waals surface area contributed by atoms with E-state index in [1.54, 1.807) is 36.5 Å². The van der Waals surface area contributed by atoms with Gasteiger partial charge in [0.2, 0.25) is 5.91 Å². The molecule has 596 valence electrons. The third-order valence-corrected chi connectivity index (χ3v) is 15.4. The summed E-state index contributed by atoms with van der Waals surface area (Å²) in [6, 6.07) is 20.9. The molecule has 11 rings (SSSR count). The number of hydrogen-bond donors (Lipinski definition) is 4. The van der Waals surface area contributed by atoms with Crippen molar-refractivity contribution in [2.45, 2.75) is 114 Å². The van der Waals surface area contributed by atoms with Gasteiger partial charge in [-0.05, 0) is 146 Å². The lowest BCUT2D eigenvalue weighted by molar-refractivity contribution is -0.138. The Bertz CT molecular complexity index is 4450. The number of aliphatic hydroxyl groups is 1. The zero-order chi connectivity index (χ0) is 84.2. The Labute approximate surface area is 635 Å². The molecule has 6 N–H and O–H groups in total. The molecule has 2 amide bonds. The van der Waals surface area contributed by atoms with Gasteiger partial charge in [-0.3, -0.25) is 43.7 Å². The van der Waals surface area contributed by atoms with Crippen molar-refractivity contribution in [1.29, 1.82) is 0 Å². The number of aromatic nitrogens is 9. The first-order chi connectivity index (χ1) is 52.0. The third-order valence-electron chi connectivity index (χ3n) is 14.6. The summed E-state index contributed by atoms with van der Waals surface area (Å²) in [6.45, 7) is 7.62. The number of halogens is 21. The van der Waals surface area contributed by atoms with Gasteiger partial charge in [-0.2, -0.15) is 84.1 Å². The molecule has 0 aromatic carbocycles. The van der Waals surface area contributed by atoms with E-state index in [4.69, 9.17) is 38.9 Å². The van der Waals surface area contributed by atoms with Gasteiger partial charge in [0.15, 0.2) is 6.29 Å². The molecule has 0 atom stereocenters. The Morgan fingerprint density at radius 3 is 1.31 bits per heavy atom. The van der Waals surface area contributed by atoms with Crippen LogP contribution in [-0.2, 0) is 81.3 Å². The van der Waals surface area contributed by atoms with Crippen LogP contribution in [0.25, 0.3) is 0 Å². The fraction of sp³-hybridized carbons (Fsp3) is 0.290. The van der Waals surface area contributed by atoms with E-state index in [0.29, 0.717) is 29.0 Å². The molecule has 1 fully saturated rings. The predicted octanol–water partition coefficient (Wildman–Crippen LogP) is 16.1. The summed E-state index contributed by atoms with van der Waals surface area (Å²) >= 11 is 8.16. The fourth-order valence-corrected chi connectivity index (χ4v) is 8.87. The van der Waals surface area contributed by atoms with Gasteiger partial charge in [0, 0.05) is 105 Å². The molecule has 0 aliphatic carbocycles. The summed E-state index contributed by atoms with van der Waals surface area (Å²) in [5.74, 6) is 0.509. The monoisotopic (exact) mass is 1670 g/mol. The molecular weight excluding hydrogens is 1610 g/mol. The second-order valence-electron chi connectivity index (χ2n) is 23.4. The largest absolute Gasteiger partial charge is 0.496 e. The van der Waals surface area contributed by atoms with Crippen LogP contribution in [0, 0.1) is 0 Å². The van der Waals surface area contributed by atoms with Crippen molar-refractivity contribution in [1.82, 2.24) is 49.9 Å². The minimum absolute atomic E-state index is 0.01000. The van der Waals surface area contributed by atoms with Gasteiger partial charge in [0.05, 0.1) is 77.0 Å². The van der Waals surface area contributed by atoms with E-state index >= 15 is 0 Å². The Balaban J connectivity index is 0.000000281. The SMILES string of the molecule is CC1(C)OB(c2ccc(N)nc2)OC1(C)C.CN1N=C(C(=O)Nc2ccc(Cc3cc(C(F)(F)F)ccn3)cn2)CCC1=O.FC(F)(F)c1ccnc(Br)c1.FC(F)(F)c1ccnc(CCl)c1.Nc1ccc(Cc2cc(C(F)(F)F)ccn2)cn1.O=Cc1cc(C(F)(F)F)ccn1.OCc1cc(C(F)(F)F)ccn1.[2H]CF. The number of aliphatic hydroxyl groups excluding tert-OH is 1. The van der Waals surface area contributed by atoms with Gasteiger partial charge in [-0.1, -0.05) is 18.2 Å². The molecule has 9 aromatic heterocycles. The lowest BCUT2D eigenvalue weighted by atomic mass is 9.80. The molecule has 9 aromatic rings. The highest BCUT2D eigenvalue weighted by Crippen LogP contribution is 2.38. The molecule has 11 heterocycles. The molecule has 1 saturated heterocycles. The number of nitrogen functional groups attached to an aromatic ring is 2. The summed E-state index contributed by atoms with van der Waals surface area (Å²) in [6.07, 6.45) is -13.9. The van der Waals surface area contributed by atoms with Crippen molar-refractivity contribution in [3.63, 3.8) is 0 Å². The number of carbonyl (C=O) groups is 3. The van der Waals surface area contributed by atoms with Crippen LogP contribution in [0.3, 0.4) is 0 Å². The first kappa shape index (κ1) is 91.2. The zero-order valence-electron chi connectivity index (χ0n) is 59.2. The van der Waals surface area contributed by atoms with E-state index in [-0.39, 0.29) is 101 Å². The highest BCUT2D eigenvalue weighted by atomic mass is 79.9. The van der Waals surface area contributed by atoms with Crippen LogP contribution in [0.5, 0.6) is 0 Å². The fourth-order valence-electron chi connectivity index (χ4n) is 8.36. The van der Waals surface area contributed by atoms with E-state index in [9.17, 15) is 97.8 Å². The number of amides is 2. The van der Waals surface area contributed by atoms with E-state index in [1.165, 1.54) is 19.4 Å². The van der Waals surface area contributed by atoms with Gasteiger partial charge in [0.25, 0.3) is 5.91 Å². The molecule has 2 aliphatic heterocycles. The minimum Gasteiger partial charge on any atom is -0.399 e. The Morgan fingerprint density at radius 2 is 0.937 bits per heavy atom. The molecule has 0 unspecified atom stereocenters. The van der Waals surface area contributed by atoms with Gasteiger partial charge in [0.1, 0.15) is 33.5 Å². The summed E-state index contributed by atoms with van der Waals surface area (Å²) in [5.41, 5.74) is 8.96. The molecular formula is C69H64BBrClF19N14O6. The number of rotatable bonds is 10. The normalized spacial score (nSPS) is 13.8. The predicted molar refractivity (Wildman–Crippen MR) is 372 cm³/mol. The topological polar surface area (TPSA) is 286 Å². The molecule has 0 saturated carbocycles. The number of alkyl halides is 20. The highest BCUT2D eigenvalue weighted by molar-refractivity contribution is 9.10. The first-order valence-corrected chi connectivity index (χ1v) is 32.5. The van der Waals surface area contributed by atoms with Gasteiger partial charge < -0.3 is 31.2 Å². The Hall–Kier alpha value is -10.4. The summed E-state index contributed by atoms with van der Waals surface area (Å²) in [7, 11) is 0.113. The molecule has 0 bridgehead atoms. The third kappa shape index (κ3) is 31.5. The zero-order valence-corrected chi connectivity index (χ0v) is 60.5. The van der Waals surface area contributed by atoms with Crippen molar-refractivity contribution in [3.8, 4) is 0 Å². The Morgan fingerprint density at radius 1 is 0.559 bits per heavy atom. The van der Waals surface area contributed by atoms with Crippen LogP contribution in [-0.4, -0.2) is 111 Å². The molecule has 0 spiro atoms. The number of nitrogens with one attached hydrogen (secondary N) is 1. The highest BCUT2D eigenvalue weighted by Gasteiger charge is 2.52. The molecule has 111 heavy (non-hydrogen) atoms. The quantitative estimate of drug-likeness (QED) is 0.0325. The number of pyridine rings is 9. The smallest absolute Gasteiger partial charge is 0.399 e. The van der Waals surface area contributed by atoms with Crippen molar-refractivity contribution in [2.75, 3.05) is 31.0 Å². The average molecular weight is 1670 g/mol. The van der Waals surface area contributed by atoms with E-state index in [0.717, 1.165) is 120 Å². The number of nitrogens with two attached hydrogens (primary N) is 2. The van der Waals surface area contributed by atoms with E-state index in [2.05, 4.69) is 71.2 Å². The van der Waals surface area contributed by atoms with Crippen LogP contribution < -0.4 is 22.2 Å². The van der Waals surface area contributed by atoms with Gasteiger partial charge in [-0.25, -0.2) is 24.9 Å². The summed E-state index contributed by atoms with van der Waals surface area (Å²) in [4.78, 5) is 67.6. The maximum absolute atomic E-state index is 12.8. The first-order valence-electron chi connectivity index (χ1n) is 31.9. The minimum atomic E-state index is -4.43. The number of anilines is 3. The van der Waals surface area contributed by atoms with Gasteiger partial charge >= 0.3 is 44.2 Å².